The van der Waals surface area contributed by atoms with E-state index in [-0.39, 0.29) is 18.9 Å². The molecule has 2 aromatic rings. The number of benzene rings is 2. The molecule has 5 heteroatoms. The Morgan fingerprint density at radius 3 is 2.60 bits per heavy atom. The number of aliphatic hydroxyl groups excluding tert-OH is 1. The number of hydrogen-bond donors (Lipinski definition) is 1. The van der Waals surface area contributed by atoms with Gasteiger partial charge in [0.15, 0.2) is 6.29 Å². The van der Waals surface area contributed by atoms with Crippen molar-refractivity contribution in [1.82, 2.24) is 0 Å². The van der Waals surface area contributed by atoms with Gasteiger partial charge in [0.25, 0.3) is 0 Å². The van der Waals surface area contributed by atoms with Crippen LogP contribution < -0.4 is 0 Å². The Morgan fingerprint density at radius 2 is 1.88 bits per heavy atom. The summed E-state index contributed by atoms with van der Waals surface area (Å²) in [6.45, 7) is 4.94. The van der Waals surface area contributed by atoms with E-state index < -0.39 is 11.5 Å². The Morgan fingerprint density at radius 1 is 1.20 bits per heavy atom. The fraction of sp³-hybridized carbons (Fsp3) is 0.450. The molecule has 0 amide bonds. The first kappa shape index (κ1) is 17.9. The van der Waals surface area contributed by atoms with Gasteiger partial charge >= 0.3 is 5.97 Å². The highest BCUT2D eigenvalue weighted by Gasteiger charge is 2.33. The molecule has 5 nitrogen and oxygen atoms in total. The van der Waals surface area contributed by atoms with E-state index in [4.69, 9.17) is 14.2 Å². The predicted octanol–water partition coefficient (Wildman–Crippen LogP) is 3.15. The topological polar surface area (TPSA) is 65.0 Å². The average molecular weight is 344 g/mol. The Hall–Kier alpha value is -1.95. The molecule has 1 aliphatic heterocycles. The zero-order chi connectivity index (χ0) is 17.9. The monoisotopic (exact) mass is 344 g/mol. The van der Waals surface area contributed by atoms with E-state index in [1.165, 1.54) is 0 Å². The molecule has 1 fully saturated rings. The van der Waals surface area contributed by atoms with Gasteiger partial charge in [-0.15, -0.1) is 0 Å². The van der Waals surface area contributed by atoms with Crippen LogP contribution in [0.15, 0.2) is 42.5 Å². The summed E-state index contributed by atoms with van der Waals surface area (Å²) >= 11 is 0. The first-order valence-electron chi connectivity index (χ1n) is 8.53. The van der Waals surface area contributed by atoms with Crippen molar-refractivity contribution in [3.05, 3.63) is 48.0 Å². The van der Waals surface area contributed by atoms with Gasteiger partial charge in [-0.3, -0.25) is 0 Å². The maximum atomic E-state index is 12.3. The van der Waals surface area contributed by atoms with E-state index in [0.717, 1.165) is 10.8 Å². The van der Waals surface area contributed by atoms with Crippen LogP contribution in [0.25, 0.3) is 10.8 Å². The first-order chi connectivity index (χ1) is 12.0. The molecule has 0 aliphatic carbocycles. The van der Waals surface area contributed by atoms with Crippen molar-refractivity contribution in [1.29, 1.82) is 0 Å². The second-order valence-corrected chi connectivity index (χ2v) is 7.05. The third-order valence-electron chi connectivity index (χ3n) is 4.57. The van der Waals surface area contributed by atoms with Crippen LogP contribution in [-0.2, 0) is 14.2 Å². The summed E-state index contributed by atoms with van der Waals surface area (Å²) in [6.07, 6.45) is -0.717. The minimum Gasteiger partial charge on any atom is -0.461 e. The minimum absolute atomic E-state index is 0.118. The Labute approximate surface area is 147 Å². The summed E-state index contributed by atoms with van der Waals surface area (Å²) in [6, 6.07) is 13.3. The molecule has 1 heterocycles. The zero-order valence-corrected chi connectivity index (χ0v) is 14.6. The molecular formula is C20H24O5. The molecule has 0 unspecified atom stereocenters. The van der Waals surface area contributed by atoms with E-state index in [9.17, 15) is 9.90 Å². The van der Waals surface area contributed by atoms with Crippen molar-refractivity contribution in [2.45, 2.75) is 32.7 Å². The maximum absolute atomic E-state index is 12.3. The van der Waals surface area contributed by atoms with Gasteiger partial charge in [0.1, 0.15) is 0 Å². The molecule has 0 saturated carbocycles. The van der Waals surface area contributed by atoms with Gasteiger partial charge in [-0.1, -0.05) is 44.2 Å². The molecular weight excluding hydrogens is 320 g/mol. The summed E-state index contributed by atoms with van der Waals surface area (Å²) in [7, 11) is 0. The third-order valence-corrected chi connectivity index (χ3v) is 4.57. The number of carbonyl (C=O) groups is 1. The predicted molar refractivity (Wildman–Crippen MR) is 94.3 cm³/mol. The number of ether oxygens (including phenoxy) is 3. The Balaban J connectivity index is 1.59. The molecule has 2 aromatic carbocycles. The maximum Gasteiger partial charge on any atom is 0.338 e. The lowest BCUT2D eigenvalue weighted by atomic mass is 9.85. The van der Waals surface area contributed by atoms with E-state index >= 15 is 0 Å². The second kappa shape index (κ2) is 7.52. The van der Waals surface area contributed by atoms with Gasteiger partial charge in [0.2, 0.25) is 0 Å². The van der Waals surface area contributed by atoms with Gasteiger partial charge in [-0.05, 0) is 22.9 Å². The van der Waals surface area contributed by atoms with Gasteiger partial charge in [0, 0.05) is 11.8 Å². The average Bonchev–Trinajstić information content (AvgIpc) is 3.12. The smallest absolute Gasteiger partial charge is 0.338 e. The summed E-state index contributed by atoms with van der Waals surface area (Å²) in [5.41, 5.74) is -0.0894. The number of esters is 1. The summed E-state index contributed by atoms with van der Waals surface area (Å²) in [4.78, 5) is 12.3. The lowest BCUT2D eigenvalue weighted by Crippen LogP contribution is -2.37. The standard InChI is InChI=1S/C20H24O5/c1-20(2,17(21)12-18-23-9-10-24-18)13-25-19(22)16-8-7-14-5-3-4-6-15(14)11-16/h3-8,11,17-18,21H,9-10,12-13H2,1-2H3/t17-/m0/s1. The van der Waals surface area contributed by atoms with Crippen LogP contribution in [0, 0.1) is 5.41 Å². The Bertz CT molecular complexity index is 734. The fourth-order valence-electron chi connectivity index (χ4n) is 2.79. The highest BCUT2D eigenvalue weighted by molar-refractivity contribution is 5.95. The van der Waals surface area contributed by atoms with E-state index in [0.29, 0.717) is 25.2 Å². The third kappa shape index (κ3) is 4.37. The molecule has 1 aliphatic rings. The summed E-state index contributed by atoms with van der Waals surface area (Å²) < 4.78 is 16.2. The zero-order valence-electron chi connectivity index (χ0n) is 14.6. The summed E-state index contributed by atoms with van der Waals surface area (Å²) in [5, 5.41) is 12.5. The van der Waals surface area contributed by atoms with Crippen molar-refractivity contribution >= 4 is 16.7 Å². The van der Waals surface area contributed by atoms with Crippen LogP contribution in [0.2, 0.25) is 0 Å². The first-order valence-corrected chi connectivity index (χ1v) is 8.53. The van der Waals surface area contributed by atoms with E-state index in [2.05, 4.69) is 0 Å². The van der Waals surface area contributed by atoms with Gasteiger partial charge in [-0.25, -0.2) is 4.79 Å². The molecule has 3 rings (SSSR count). The molecule has 1 saturated heterocycles. The molecule has 1 N–H and O–H groups in total. The summed E-state index contributed by atoms with van der Waals surface area (Å²) in [5.74, 6) is -0.389. The van der Waals surface area contributed by atoms with Gasteiger partial charge in [-0.2, -0.15) is 0 Å². The molecule has 134 valence electrons. The van der Waals surface area contributed by atoms with Crippen molar-refractivity contribution < 1.29 is 24.1 Å². The van der Waals surface area contributed by atoms with Crippen LogP contribution >= 0.6 is 0 Å². The fourth-order valence-corrected chi connectivity index (χ4v) is 2.79. The second-order valence-electron chi connectivity index (χ2n) is 7.05. The van der Waals surface area contributed by atoms with E-state index in [1.54, 1.807) is 6.07 Å². The number of fused-ring (bicyclic) bond motifs is 1. The van der Waals surface area contributed by atoms with Crippen LogP contribution in [0.4, 0.5) is 0 Å². The lowest BCUT2D eigenvalue weighted by molar-refractivity contribution is -0.0986. The van der Waals surface area contributed by atoms with Crippen LogP contribution in [0.1, 0.15) is 30.6 Å². The minimum atomic E-state index is -0.694. The van der Waals surface area contributed by atoms with Crippen LogP contribution in [-0.4, -0.2) is 43.3 Å². The largest absolute Gasteiger partial charge is 0.461 e. The van der Waals surface area contributed by atoms with Crippen molar-refractivity contribution in [3.63, 3.8) is 0 Å². The quantitative estimate of drug-likeness (QED) is 0.816. The van der Waals surface area contributed by atoms with Crippen molar-refractivity contribution in [2.24, 2.45) is 5.41 Å². The van der Waals surface area contributed by atoms with Crippen LogP contribution in [0.3, 0.4) is 0 Å². The molecule has 0 radical (unpaired) electrons. The highest BCUT2D eigenvalue weighted by atomic mass is 16.7. The number of carbonyl (C=O) groups excluding carboxylic acids is 1. The lowest BCUT2D eigenvalue weighted by Gasteiger charge is -2.31. The molecule has 0 bridgehead atoms. The van der Waals surface area contributed by atoms with Gasteiger partial charge in [0.05, 0.1) is 31.5 Å². The van der Waals surface area contributed by atoms with Crippen LogP contribution in [0.5, 0.6) is 0 Å². The normalized spacial score (nSPS) is 16.9. The van der Waals surface area contributed by atoms with Gasteiger partial charge < -0.3 is 19.3 Å². The molecule has 25 heavy (non-hydrogen) atoms. The molecule has 1 atom stereocenters. The van der Waals surface area contributed by atoms with Crippen molar-refractivity contribution in [3.8, 4) is 0 Å². The number of hydrogen-bond acceptors (Lipinski definition) is 5. The van der Waals surface area contributed by atoms with E-state index in [1.807, 2.05) is 50.2 Å². The number of rotatable bonds is 6. The number of aliphatic hydroxyl groups is 1. The SMILES string of the molecule is CC(C)(COC(=O)c1ccc2ccccc2c1)[C@@H](O)CC1OCCO1. The molecule has 0 aromatic heterocycles. The highest BCUT2D eigenvalue weighted by Crippen LogP contribution is 2.27. The van der Waals surface area contributed by atoms with Crippen molar-refractivity contribution in [2.75, 3.05) is 19.8 Å². The Kier molecular flexibility index (Phi) is 5.37. The molecule has 0 spiro atoms.